The van der Waals surface area contributed by atoms with Gasteiger partial charge in [-0.25, -0.2) is 4.39 Å². The molecule has 1 aliphatic heterocycles. The van der Waals surface area contributed by atoms with Crippen LogP contribution in [0.1, 0.15) is 18.4 Å². The average molecular weight is 341 g/mol. The summed E-state index contributed by atoms with van der Waals surface area (Å²) in [5.41, 5.74) is 0.409. The van der Waals surface area contributed by atoms with E-state index in [1.54, 1.807) is 24.1 Å². The second-order valence-corrected chi connectivity index (χ2v) is 5.85. The van der Waals surface area contributed by atoms with Gasteiger partial charge < -0.3 is 10.2 Å². The predicted molar refractivity (Wildman–Crippen MR) is 81.8 cm³/mol. The van der Waals surface area contributed by atoms with E-state index in [0.29, 0.717) is 5.56 Å². The van der Waals surface area contributed by atoms with Crippen molar-refractivity contribution in [3.05, 3.63) is 40.1 Å². The van der Waals surface area contributed by atoms with Crippen LogP contribution in [0.3, 0.4) is 0 Å². The van der Waals surface area contributed by atoms with Gasteiger partial charge in [-0.3, -0.25) is 4.79 Å². The number of hydrogen-bond donors (Lipinski definition) is 1. The molecule has 0 saturated carbocycles. The SMILES string of the molecule is CN(C(=O)/C=C/c1cc(Br)ccc1F)C1CCNCC1. The molecular weight excluding hydrogens is 323 g/mol. The molecular formula is C15H18BrFN2O. The van der Waals surface area contributed by atoms with E-state index in [-0.39, 0.29) is 17.8 Å². The Balaban J connectivity index is 2.02. The minimum atomic E-state index is -0.332. The highest BCUT2D eigenvalue weighted by atomic mass is 79.9. The summed E-state index contributed by atoms with van der Waals surface area (Å²) in [5.74, 6) is -0.418. The summed E-state index contributed by atoms with van der Waals surface area (Å²) in [6.07, 6.45) is 4.88. The third kappa shape index (κ3) is 3.90. The van der Waals surface area contributed by atoms with Crippen molar-refractivity contribution < 1.29 is 9.18 Å². The van der Waals surface area contributed by atoms with Gasteiger partial charge in [0.25, 0.3) is 0 Å². The summed E-state index contributed by atoms with van der Waals surface area (Å²) in [4.78, 5) is 13.8. The number of nitrogens with one attached hydrogen (secondary N) is 1. The van der Waals surface area contributed by atoms with Gasteiger partial charge in [0.15, 0.2) is 0 Å². The van der Waals surface area contributed by atoms with Crippen LogP contribution < -0.4 is 5.32 Å². The first-order valence-electron chi connectivity index (χ1n) is 6.68. The zero-order valence-corrected chi connectivity index (χ0v) is 13.0. The molecule has 2 rings (SSSR count). The molecule has 0 radical (unpaired) electrons. The van der Waals surface area contributed by atoms with Gasteiger partial charge in [-0.1, -0.05) is 15.9 Å². The Morgan fingerprint density at radius 2 is 2.15 bits per heavy atom. The van der Waals surface area contributed by atoms with Crippen LogP contribution in [-0.4, -0.2) is 37.0 Å². The van der Waals surface area contributed by atoms with E-state index in [1.807, 2.05) is 0 Å². The first-order chi connectivity index (χ1) is 9.58. The first-order valence-corrected chi connectivity index (χ1v) is 7.48. The number of carbonyl (C=O) groups is 1. The number of piperidine rings is 1. The molecule has 1 heterocycles. The number of amides is 1. The van der Waals surface area contributed by atoms with E-state index in [9.17, 15) is 9.18 Å². The van der Waals surface area contributed by atoms with Crippen LogP contribution >= 0.6 is 15.9 Å². The van der Waals surface area contributed by atoms with Crippen LogP contribution in [0, 0.1) is 5.82 Å². The molecule has 3 nitrogen and oxygen atoms in total. The topological polar surface area (TPSA) is 32.3 Å². The fourth-order valence-electron chi connectivity index (χ4n) is 2.29. The largest absolute Gasteiger partial charge is 0.339 e. The number of carbonyl (C=O) groups excluding carboxylic acids is 1. The highest BCUT2D eigenvalue weighted by Crippen LogP contribution is 2.17. The zero-order chi connectivity index (χ0) is 14.5. The summed E-state index contributed by atoms with van der Waals surface area (Å²) in [5, 5.41) is 3.27. The quantitative estimate of drug-likeness (QED) is 0.858. The number of benzene rings is 1. The zero-order valence-electron chi connectivity index (χ0n) is 11.4. The molecule has 1 aliphatic rings. The Kier molecular flexibility index (Phi) is 5.31. The van der Waals surface area contributed by atoms with Crippen molar-refractivity contribution in [2.24, 2.45) is 0 Å². The number of halogens is 2. The third-order valence-electron chi connectivity index (χ3n) is 3.57. The standard InChI is InChI=1S/C15H18BrFN2O/c1-19(13-6-8-18-9-7-13)15(20)5-2-11-10-12(16)3-4-14(11)17/h2-5,10,13,18H,6-9H2,1H3/b5-2+. The molecule has 0 unspecified atom stereocenters. The van der Waals surface area contributed by atoms with Crippen LogP contribution in [0.2, 0.25) is 0 Å². The normalized spacial score (nSPS) is 16.6. The number of likely N-dealkylation sites (N-methyl/N-ethyl adjacent to an activating group) is 1. The lowest BCUT2D eigenvalue weighted by molar-refractivity contribution is -0.127. The van der Waals surface area contributed by atoms with Gasteiger partial charge in [-0.15, -0.1) is 0 Å². The van der Waals surface area contributed by atoms with E-state index < -0.39 is 0 Å². The predicted octanol–water partition coefficient (Wildman–Crippen LogP) is 2.81. The van der Waals surface area contributed by atoms with Crippen molar-refractivity contribution in [1.82, 2.24) is 10.2 Å². The van der Waals surface area contributed by atoms with Crippen LogP contribution in [0.4, 0.5) is 4.39 Å². The lowest BCUT2D eigenvalue weighted by atomic mass is 10.1. The van der Waals surface area contributed by atoms with Crippen LogP contribution in [0.5, 0.6) is 0 Å². The summed E-state index contributed by atoms with van der Waals surface area (Å²) in [6, 6.07) is 4.94. The smallest absolute Gasteiger partial charge is 0.246 e. The molecule has 1 fully saturated rings. The van der Waals surface area contributed by atoms with Gasteiger partial charge >= 0.3 is 0 Å². The lowest BCUT2D eigenvalue weighted by Crippen LogP contribution is -2.43. The van der Waals surface area contributed by atoms with E-state index in [4.69, 9.17) is 0 Å². The molecule has 0 bridgehead atoms. The van der Waals surface area contributed by atoms with Crippen molar-refractivity contribution in [3.63, 3.8) is 0 Å². The average Bonchev–Trinajstić information content (AvgIpc) is 2.48. The third-order valence-corrected chi connectivity index (χ3v) is 4.06. The van der Waals surface area contributed by atoms with Crippen molar-refractivity contribution in [2.75, 3.05) is 20.1 Å². The van der Waals surface area contributed by atoms with Crippen LogP contribution in [0.15, 0.2) is 28.7 Å². The second kappa shape index (κ2) is 6.99. The summed E-state index contributed by atoms with van der Waals surface area (Å²) >= 11 is 3.29. The molecule has 1 N–H and O–H groups in total. The van der Waals surface area contributed by atoms with Gasteiger partial charge in [-0.05, 0) is 50.2 Å². The first kappa shape index (κ1) is 15.2. The van der Waals surface area contributed by atoms with Gasteiger partial charge in [0.05, 0.1) is 0 Å². The molecule has 1 amide bonds. The molecule has 1 saturated heterocycles. The van der Waals surface area contributed by atoms with Gasteiger partial charge in [-0.2, -0.15) is 0 Å². The maximum Gasteiger partial charge on any atom is 0.246 e. The Bertz CT molecular complexity index is 513. The maximum absolute atomic E-state index is 13.6. The molecule has 0 atom stereocenters. The van der Waals surface area contributed by atoms with Gasteiger partial charge in [0.2, 0.25) is 5.91 Å². The van der Waals surface area contributed by atoms with Gasteiger partial charge in [0.1, 0.15) is 5.82 Å². The summed E-state index contributed by atoms with van der Waals surface area (Å²) in [6.45, 7) is 1.87. The van der Waals surface area contributed by atoms with Gasteiger partial charge in [0, 0.05) is 29.2 Å². The van der Waals surface area contributed by atoms with E-state index in [2.05, 4.69) is 21.2 Å². The molecule has 20 heavy (non-hydrogen) atoms. The lowest BCUT2D eigenvalue weighted by Gasteiger charge is -2.30. The van der Waals surface area contributed by atoms with Crippen molar-refractivity contribution >= 4 is 27.9 Å². The Labute approximate surface area is 127 Å². The van der Waals surface area contributed by atoms with E-state index >= 15 is 0 Å². The molecule has 0 spiro atoms. The molecule has 5 heteroatoms. The summed E-state index contributed by atoms with van der Waals surface area (Å²) < 4.78 is 14.4. The Morgan fingerprint density at radius 3 is 2.85 bits per heavy atom. The molecule has 0 aliphatic carbocycles. The summed E-state index contributed by atoms with van der Waals surface area (Å²) in [7, 11) is 1.81. The Hall–Kier alpha value is -1.20. The Morgan fingerprint density at radius 1 is 1.45 bits per heavy atom. The number of rotatable bonds is 3. The van der Waals surface area contributed by atoms with Crippen LogP contribution in [0.25, 0.3) is 6.08 Å². The van der Waals surface area contributed by atoms with Crippen molar-refractivity contribution in [1.29, 1.82) is 0 Å². The highest BCUT2D eigenvalue weighted by molar-refractivity contribution is 9.10. The number of hydrogen-bond acceptors (Lipinski definition) is 2. The van der Waals surface area contributed by atoms with Crippen LogP contribution in [-0.2, 0) is 4.79 Å². The van der Waals surface area contributed by atoms with Crippen molar-refractivity contribution in [2.45, 2.75) is 18.9 Å². The maximum atomic E-state index is 13.6. The molecule has 1 aromatic carbocycles. The minimum absolute atomic E-state index is 0.0868. The van der Waals surface area contributed by atoms with E-state index in [0.717, 1.165) is 30.4 Å². The molecule has 0 aromatic heterocycles. The highest BCUT2D eigenvalue weighted by Gasteiger charge is 2.20. The minimum Gasteiger partial charge on any atom is -0.339 e. The van der Waals surface area contributed by atoms with Crippen molar-refractivity contribution in [3.8, 4) is 0 Å². The number of nitrogens with zero attached hydrogens (tertiary/aromatic N) is 1. The molecule has 1 aromatic rings. The monoisotopic (exact) mass is 340 g/mol. The second-order valence-electron chi connectivity index (χ2n) is 4.93. The molecule has 108 valence electrons. The van der Waals surface area contributed by atoms with E-state index in [1.165, 1.54) is 18.2 Å². The fourth-order valence-corrected chi connectivity index (χ4v) is 2.67. The fraction of sp³-hybridized carbons (Fsp3) is 0.400.